The molecule has 1 saturated heterocycles. The summed E-state index contributed by atoms with van der Waals surface area (Å²) in [6.07, 6.45) is 7.32. The molecule has 1 aromatic carbocycles. The minimum atomic E-state index is 0.423. The van der Waals surface area contributed by atoms with Crippen LogP contribution in [0.3, 0.4) is 0 Å². The minimum Gasteiger partial charge on any atom is -0.361 e. The first-order valence-corrected chi connectivity index (χ1v) is 7.35. The molecule has 0 bridgehead atoms. The van der Waals surface area contributed by atoms with Crippen LogP contribution < -0.4 is 10.6 Å². The van der Waals surface area contributed by atoms with Gasteiger partial charge in [-0.25, -0.2) is 0 Å². The van der Waals surface area contributed by atoms with Gasteiger partial charge in [0, 0.05) is 29.2 Å². The Labute approximate surface area is 114 Å². The first-order valence-electron chi connectivity index (χ1n) is 7.35. The van der Waals surface area contributed by atoms with Gasteiger partial charge in [0.1, 0.15) is 0 Å². The van der Waals surface area contributed by atoms with Crippen molar-refractivity contribution in [2.75, 3.05) is 13.6 Å². The molecule has 3 nitrogen and oxygen atoms in total. The second-order valence-electron chi connectivity index (χ2n) is 5.51. The van der Waals surface area contributed by atoms with Crippen LogP contribution in [0.2, 0.25) is 0 Å². The molecule has 3 rings (SSSR count). The zero-order chi connectivity index (χ0) is 13.1. The van der Waals surface area contributed by atoms with Crippen LogP contribution >= 0.6 is 0 Å². The molecule has 1 aromatic heterocycles. The van der Waals surface area contributed by atoms with Crippen molar-refractivity contribution < 1.29 is 0 Å². The molecule has 1 fully saturated rings. The van der Waals surface area contributed by atoms with Crippen molar-refractivity contribution in [1.29, 1.82) is 0 Å². The number of nitrogens with one attached hydrogen (secondary N) is 3. The Bertz CT molecular complexity index is 526. The summed E-state index contributed by atoms with van der Waals surface area (Å²) in [7, 11) is 2.06. The van der Waals surface area contributed by atoms with Crippen molar-refractivity contribution in [1.82, 2.24) is 15.6 Å². The maximum atomic E-state index is 3.64. The van der Waals surface area contributed by atoms with Gasteiger partial charge < -0.3 is 15.6 Å². The standard InChI is InChI=1S/C16H23N3/c1-17-16(10-12-6-4-5-9-18-12)14-11-19-15-8-3-2-7-13(14)15/h2-3,7-8,11-12,16-19H,4-6,9-10H2,1H3. The van der Waals surface area contributed by atoms with Crippen LogP contribution in [0.5, 0.6) is 0 Å². The Morgan fingerprint density at radius 3 is 3.00 bits per heavy atom. The van der Waals surface area contributed by atoms with Crippen molar-refractivity contribution in [2.24, 2.45) is 0 Å². The molecule has 2 atom stereocenters. The van der Waals surface area contributed by atoms with Gasteiger partial charge in [0.15, 0.2) is 0 Å². The largest absolute Gasteiger partial charge is 0.361 e. The third-order valence-electron chi connectivity index (χ3n) is 4.28. The Morgan fingerprint density at radius 2 is 2.21 bits per heavy atom. The number of benzene rings is 1. The number of piperidine rings is 1. The first-order chi connectivity index (χ1) is 9.38. The smallest absolute Gasteiger partial charge is 0.0457 e. The van der Waals surface area contributed by atoms with E-state index in [4.69, 9.17) is 0 Å². The second kappa shape index (κ2) is 5.76. The van der Waals surface area contributed by atoms with E-state index in [1.54, 1.807) is 0 Å². The summed E-state index contributed by atoms with van der Waals surface area (Å²) in [6, 6.07) is 9.63. The van der Waals surface area contributed by atoms with Gasteiger partial charge in [0.2, 0.25) is 0 Å². The SMILES string of the molecule is CNC(CC1CCCCN1)c1c[nH]c2ccccc12. The summed E-state index contributed by atoms with van der Waals surface area (Å²) < 4.78 is 0. The van der Waals surface area contributed by atoms with Gasteiger partial charge in [0.05, 0.1) is 0 Å². The molecule has 19 heavy (non-hydrogen) atoms. The van der Waals surface area contributed by atoms with Gasteiger partial charge in [-0.15, -0.1) is 0 Å². The normalized spacial score (nSPS) is 21.6. The lowest BCUT2D eigenvalue weighted by molar-refractivity contribution is 0.347. The van der Waals surface area contributed by atoms with Crippen LogP contribution in [0, 0.1) is 0 Å². The highest BCUT2D eigenvalue weighted by atomic mass is 14.9. The number of para-hydroxylation sites is 1. The van der Waals surface area contributed by atoms with E-state index in [1.165, 1.54) is 48.7 Å². The summed E-state index contributed by atoms with van der Waals surface area (Å²) in [4.78, 5) is 3.38. The molecule has 0 radical (unpaired) electrons. The molecule has 2 unspecified atom stereocenters. The number of aromatic nitrogens is 1. The predicted octanol–water partition coefficient (Wildman–Crippen LogP) is 2.96. The number of hydrogen-bond acceptors (Lipinski definition) is 2. The molecule has 1 aliphatic heterocycles. The van der Waals surface area contributed by atoms with Gasteiger partial charge in [-0.3, -0.25) is 0 Å². The zero-order valence-electron chi connectivity index (χ0n) is 11.6. The van der Waals surface area contributed by atoms with Crippen molar-refractivity contribution in [3.05, 3.63) is 36.0 Å². The lowest BCUT2D eigenvalue weighted by atomic mass is 9.94. The summed E-state index contributed by atoms with van der Waals surface area (Å²) in [5, 5.41) is 8.47. The number of rotatable bonds is 4. The third-order valence-corrected chi connectivity index (χ3v) is 4.28. The molecule has 0 amide bonds. The molecule has 3 N–H and O–H groups in total. The minimum absolute atomic E-state index is 0.423. The van der Waals surface area contributed by atoms with Crippen LogP contribution in [0.1, 0.15) is 37.3 Å². The van der Waals surface area contributed by atoms with Crippen molar-refractivity contribution in [3.63, 3.8) is 0 Å². The summed E-state index contributed by atoms with van der Waals surface area (Å²) in [6.45, 7) is 1.18. The highest BCUT2D eigenvalue weighted by molar-refractivity contribution is 5.83. The predicted molar refractivity (Wildman–Crippen MR) is 80.4 cm³/mol. The van der Waals surface area contributed by atoms with Crippen LogP contribution in [0.15, 0.2) is 30.5 Å². The quantitative estimate of drug-likeness (QED) is 0.788. The summed E-state index contributed by atoms with van der Waals surface area (Å²) in [5.74, 6) is 0. The van der Waals surface area contributed by atoms with E-state index in [9.17, 15) is 0 Å². The monoisotopic (exact) mass is 257 g/mol. The van der Waals surface area contributed by atoms with Crippen LogP contribution in [0.25, 0.3) is 10.9 Å². The molecule has 0 saturated carbocycles. The molecule has 1 aliphatic rings. The number of hydrogen-bond donors (Lipinski definition) is 3. The zero-order valence-corrected chi connectivity index (χ0v) is 11.6. The highest BCUT2D eigenvalue weighted by Gasteiger charge is 2.20. The molecule has 2 aromatic rings. The van der Waals surface area contributed by atoms with E-state index in [0.717, 1.165) is 0 Å². The lowest BCUT2D eigenvalue weighted by Crippen LogP contribution is -2.37. The molecule has 0 spiro atoms. The molecule has 3 heteroatoms. The number of H-pyrrole nitrogens is 1. The number of aromatic amines is 1. The van der Waals surface area contributed by atoms with Crippen LogP contribution in [-0.4, -0.2) is 24.6 Å². The van der Waals surface area contributed by atoms with E-state index in [1.807, 2.05) is 0 Å². The molecule has 102 valence electrons. The Balaban J connectivity index is 1.81. The maximum absolute atomic E-state index is 3.64. The maximum Gasteiger partial charge on any atom is 0.0457 e. The average Bonchev–Trinajstić information content (AvgIpc) is 2.90. The van der Waals surface area contributed by atoms with Crippen molar-refractivity contribution in [2.45, 2.75) is 37.8 Å². The Hall–Kier alpha value is -1.32. The highest BCUT2D eigenvalue weighted by Crippen LogP contribution is 2.28. The van der Waals surface area contributed by atoms with E-state index < -0.39 is 0 Å². The van der Waals surface area contributed by atoms with Crippen molar-refractivity contribution in [3.8, 4) is 0 Å². The third kappa shape index (κ3) is 2.67. The van der Waals surface area contributed by atoms with Crippen LogP contribution in [0.4, 0.5) is 0 Å². The van der Waals surface area contributed by atoms with Gasteiger partial charge in [-0.2, -0.15) is 0 Å². The fourth-order valence-corrected chi connectivity index (χ4v) is 3.19. The van der Waals surface area contributed by atoms with E-state index in [-0.39, 0.29) is 0 Å². The van der Waals surface area contributed by atoms with E-state index in [2.05, 4.69) is 53.1 Å². The fraction of sp³-hybridized carbons (Fsp3) is 0.500. The average molecular weight is 257 g/mol. The van der Waals surface area contributed by atoms with Gasteiger partial charge in [-0.1, -0.05) is 24.6 Å². The van der Waals surface area contributed by atoms with Gasteiger partial charge >= 0.3 is 0 Å². The first kappa shape index (κ1) is 12.7. The molecular formula is C16H23N3. The Morgan fingerprint density at radius 1 is 1.32 bits per heavy atom. The van der Waals surface area contributed by atoms with Gasteiger partial charge in [0.25, 0.3) is 0 Å². The molecular weight excluding hydrogens is 234 g/mol. The Kier molecular flexibility index (Phi) is 3.85. The van der Waals surface area contributed by atoms with E-state index in [0.29, 0.717) is 12.1 Å². The summed E-state index contributed by atoms with van der Waals surface area (Å²) >= 11 is 0. The summed E-state index contributed by atoms with van der Waals surface area (Å²) in [5.41, 5.74) is 2.62. The van der Waals surface area contributed by atoms with Crippen molar-refractivity contribution >= 4 is 10.9 Å². The topological polar surface area (TPSA) is 39.8 Å². The van der Waals surface area contributed by atoms with Crippen LogP contribution in [-0.2, 0) is 0 Å². The van der Waals surface area contributed by atoms with Gasteiger partial charge in [-0.05, 0) is 44.5 Å². The fourth-order valence-electron chi connectivity index (χ4n) is 3.19. The molecule has 0 aliphatic carbocycles. The molecule has 2 heterocycles. The van der Waals surface area contributed by atoms with E-state index >= 15 is 0 Å². The lowest BCUT2D eigenvalue weighted by Gasteiger charge is -2.27. The second-order valence-corrected chi connectivity index (χ2v) is 5.51. The number of fused-ring (bicyclic) bond motifs is 1.